The summed E-state index contributed by atoms with van der Waals surface area (Å²) in [6.45, 7) is 1.91. The number of aromatic nitrogens is 4. The van der Waals surface area contributed by atoms with Crippen molar-refractivity contribution in [2.75, 3.05) is 5.32 Å². The highest BCUT2D eigenvalue weighted by molar-refractivity contribution is 7.80. The smallest absolute Gasteiger partial charge is 0.258 e. The molecule has 1 amide bonds. The zero-order valence-electron chi connectivity index (χ0n) is 14.5. The van der Waals surface area contributed by atoms with Crippen LogP contribution in [0.15, 0.2) is 48.8 Å². The van der Waals surface area contributed by atoms with E-state index in [1.54, 1.807) is 23.0 Å². The molecule has 0 radical (unpaired) electrons. The third-order valence-corrected chi connectivity index (χ3v) is 5.35. The Morgan fingerprint density at radius 1 is 1.21 bits per heavy atom. The monoisotopic (exact) mass is 428 g/mol. The van der Waals surface area contributed by atoms with Crippen molar-refractivity contribution >= 4 is 56.8 Å². The molecule has 0 unspecified atom stereocenters. The summed E-state index contributed by atoms with van der Waals surface area (Å²) in [6.07, 6.45) is 1.56. The first-order valence-corrected chi connectivity index (χ1v) is 9.75. The Labute approximate surface area is 174 Å². The standard InChI is InChI=1S/C18H13ClN6OS2/c1-10-2-7-13(14(19)8-10)15(26)22-17(27)21-12-5-3-11(4-6-12)16-24-25-9-20-23-18(25)28-16/h2-9H,1H3,(H2,21,22,26,27). The fourth-order valence-electron chi connectivity index (χ4n) is 2.51. The number of fused-ring (bicyclic) bond motifs is 1. The number of carbonyl (C=O) groups is 1. The third-order valence-electron chi connectivity index (χ3n) is 3.87. The van der Waals surface area contributed by atoms with E-state index in [1.807, 2.05) is 37.3 Å². The number of anilines is 1. The SMILES string of the molecule is Cc1ccc(C(=O)NC(=S)Nc2ccc(-c3nn4cnnc4s3)cc2)c(Cl)c1. The van der Waals surface area contributed by atoms with E-state index in [2.05, 4.69) is 25.9 Å². The molecule has 2 aromatic heterocycles. The molecule has 0 bridgehead atoms. The maximum atomic E-state index is 12.3. The van der Waals surface area contributed by atoms with Crippen molar-refractivity contribution in [3.8, 4) is 10.6 Å². The predicted molar refractivity (Wildman–Crippen MR) is 114 cm³/mol. The number of nitrogens with zero attached hydrogens (tertiary/aromatic N) is 4. The average molecular weight is 429 g/mol. The summed E-state index contributed by atoms with van der Waals surface area (Å²) in [5.41, 5.74) is 3.04. The minimum absolute atomic E-state index is 0.188. The number of carbonyl (C=O) groups excluding carboxylic acids is 1. The number of rotatable bonds is 3. The van der Waals surface area contributed by atoms with E-state index in [1.165, 1.54) is 11.3 Å². The summed E-state index contributed by atoms with van der Waals surface area (Å²) in [6, 6.07) is 12.8. The van der Waals surface area contributed by atoms with E-state index in [9.17, 15) is 4.79 Å². The van der Waals surface area contributed by atoms with Gasteiger partial charge in [-0.1, -0.05) is 29.0 Å². The molecule has 140 valence electrons. The quantitative estimate of drug-likeness (QED) is 0.481. The van der Waals surface area contributed by atoms with Gasteiger partial charge >= 0.3 is 0 Å². The van der Waals surface area contributed by atoms with Crippen LogP contribution in [0, 0.1) is 6.92 Å². The van der Waals surface area contributed by atoms with Crippen molar-refractivity contribution in [1.82, 2.24) is 25.1 Å². The Kier molecular flexibility index (Phi) is 5.03. The van der Waals surface area contributed by atoms with Crippen LogP contribution in [-0.4, -0.2) is 30.8 Å². The van der Waals surface area contributed by atoms with Crippen LogP contribution in [-0.2, 0) is 0 Å². The summed E-state index contributed by atoms with van der Waals surface area (Å²) in [5, 5.41) is 19.2. The van der Waals surface area contributed by atoms with Crippen LogP contribution in [0.1, 0.15) is 15.9 Å². The van der Waals surface area contributed by atoms with E-state index in [0.717, 1.165) is 26.8 Å². The lowest BCUT2D eigenvalue weighted by Gasteiger charge is -2.11. The number of hydrogen-bond donors (Lipinski definition) is 2. The number of halogens is 1. The Morgan fingerprint density at radius 2 is 2.00 bits per heavy atom. The van der Waals surface area contributed by atoms with E-state index < -0.39 is 0 Å². The van der Waals surface area contributed by atoms with Crippen LogP contribution in [0.2, 0.25) is 5.02 Å². The zero-order chi connectivity index (χ0) is 19.7. The molecular formula is C18H13ClN6OS2. The minimum atomic E-state index is -0.362. The van der Waals surface area contributed by atoms with E-state index in [-0.39, 0.29) is 11.0 Å². The molecule has 0 aliphatic rings. The molecule has 0 aliphatic carbocycles. The molecule has 4 rings (SSSR count). The van der Waals surface area contributed by atoms with Gasteiger partial charge in [-0.25, -0.2) is 0 Å². The lowest BCUT2D eigenvalue weighted by Crippen LogP contribution is -2.34. The molecule has 0 spiro atoms. The molecule has 0 saturated carbocycles. The number of benzene rings is 2. The molecule has 0 saturated heterocycles. The molecule has 2 N–H and O–H groups in total. The summed E-state index contributed by atoms with van der Waals surface area (Å²) < 4.78 is 1.63. The van der Waals surface area contributed by atoms with Gasteiger partial charge in [0.15, 0.2) is 5.11 Å². The van der Waals surface area contributed by atoms with Gasteiger partial charge in [0.1, 0.15) is 11.3 Å². The summed E-state index contributed by atoms with van der Waals surface area (Å²) in [4.78, 5) is 13.1. The van der Waals surface area contributed by atoms with Gasteiger partial charge in [0.25, 0.3) is 5.91 Å². The van der Waals surface area contributed by atoms with Gasteiger partial charge in [-0.15, -0.1) is 10.2 Å². The second kappa shape index (κ2) is 7.63. The maximum Gasteiger partial charge on any atom is 0.258 e. The fraction of sp³-hybridized carbons (Fsp3) is 0.0556. The van der Waals surface area contributed by atoms with Crippen molar-refractivity contribution < 1.29 is 4.79 Å². The Balaban J connectivity index is 1.41. The molecule has 10 heteroatoms. The molecule has 0 aliphatic heterocycles. The van der Waals surface area contributed by atoms with Crippen LogP contribution >= 0.6 is 35.2 Å². The maximum absolute atomic E-state index is 12.3. The van der Waals surface area contributed by atoms with Gasteiger partial charge in [-0.05, 0) is 61.1 Å². The molecule has 2 heterocycles. The first kappa shape index (κ1) is 18.5. The highest BCUT2D eigenvalue weighted by Gasteiger charge is 2.12. The third kappa shape index (κ3) is 3.86. The van der Waals surface area contributed by atoms with E-state index in [4.69, 9.17) is 23.8 Å². The number of thiocarbonyl (C=S) groups is 1. The van der Waals surface area contributed by atoms with Gasteiger partial charge in [0.05, 0.1) is 10.6 Å². The van der Waals surface area contributed by atoms with Crippen LogP contribution in [0.5, 0.6) is 0 Å². The molecule has 4 aromatic rings. The van der Waals surface area contributed by atoms with Crippen molar-refractivity contribution in [2.24, 2.45) is 0 Å². The summed E-state index contributed by atoms with van der Waals surface area (Å²) in [5.74, 6) is -0.362. The Morgan fingerprint density at radius 3 is 2.71 bits per heavy atom. The van der Waals surface area contributed by atoms with Crippen LogP contribution in [0.3, 0.4) is 0 Å². The van der Waals surface area contributed by atoms with Crippen molar-refractivity contribution in [3.63, 3.8) is 0 Å². The lowest BCUT2D eigenvalue weighted by atomic mass is 10.1. The van der Waals surface area contributed by atoms with Gasteiger partial charge in [-0.2, -0.15) is 9.61 Å². The average Bonchev–Trinajstić information content (AvgIpc) is 3.24. The van der Waals surface area contributed by atoms with Gasteiger partial charge < -0.3 is 5.32 Å². The Bertz CT molecular complexity index is 1160. The van der Waals surface area contributed by atoms with Crippen LogP contribution in [0.4, 0.5) is 5.69 Å². The van der Waals surface area contributed by atoms with Gasteiger partial charge in [0, 0.05) is 11.3 Å². The van der Waals surface area contributed by atoms with Crippen LogP contribution < -0.4 is 10.6 Å². The molecule has 2 aromatic carbocycles. The highest BCUT2D eigenvalue weighted by Crippen LogP contribution is 2.25. The first-order valence-electron chi connectivity index (χ1n) is 8.15. The first-order chi connectivity index (χ1) is 13.5. The van der Waals surface area contributed by atoms with Crippen molar-refractivity contribution in [2.45, 2.75) is 6.92 Å². The largest absolute Gasteiger partial charge is 0.332 e. The molecular weight excluding hydrogens is 416 g/mol. The number of aryl methyl sites for hydroxylation is 1. The second-order valence-electron chi connectivity index (χ2n) is 5.93. The number of nitrogens with one attached hydrogen (secondary N) is 2. The number of amides is 1. The Hall–Kier alpha value is -2.88. The lowest BCUT2D eigenvalue weighted by molar-refractivity contribution is 0.0978. The number of hydrogen-bond acceptors (Lipinski definition) is 6. The predicted octanol–water partition coefficient (Wildman–Crippen LogP) is 3.94. The van der Waals surface area contributed by atoms with Crippen LogP contribution in [0.25, 0.3) is 15.5 Å². The molecule has 7 nitrogen and oxygen atoms in total. The zero-order valence-corrected chi connectivity index (χ0v) is 16.9. The normalized spacial score (nSPS) is 10.8. The topological polar surface area (TPSA) is 84.2 Å². The molecule has 0 fully saturated rings. The second-order valence-corrected chi connectivity index (χ2v) is 7.71. The van der Waals surface area contributed by atoms with Crippen molar-refractivity contribution in [1.29, 1.82) is 0 Å². The van der Waals surface area contributed by atoms with Gasteiger partial charge in [-0.3, -0.25) is 10.1 Å². The summed E-state index contributed by atoms with van der Waals surface area (Å²) in [7, 11) is 0. The van der Waals surface area contributed by atoms with E-state index >= 15 is 0 Å². The fourth-order valence-corrected chi connectivity index (χ4v) is 3.87. The molecule has 28 heavy (non-hydrogen) atoms. The highest BCUT2D eigenvalue weighted by atomic mass is 35.5. The van der Waals surface area contributed by atoms with Gasteiger partial charge in [0.2, 0.25) is 4.96 Å². The summed E-state index contributed by atoms with van der Waals surface area (Å²) >= 11 is 12.8. The van der Waals surface area contributed by atoms with Crippen molar-refractivity contribution in [3.05, 3.63) is 64.9 Å². The molecule has 0 atom stereocenters. The minimum Gasteiger partial charge on any atom is -0.332 e. The van der Waals surface area contributed by atoms with E-state index in [0.29, 0.717) is 10.6 Å².